The molecule has 118 valence electrons. The first-order valence-electron chi connectivity index (χ1n) is 6.77. The van der Waals surface area contributed by atoms with E-state index in [1.54, 1.807) is 30.3 Å². The number of carbonyl (C=O) groups excluding carboxylic acids is 2. The molecule has 1 amide bonds. The standard InChI is InChI=1S/C16H14N2O5/c19-10-15(13-4-2-1-3-5-13)17-16(20)23-11-12-6-8-14(9-7-12)18(21)22/h1-10,15H,11H2,(H,17,20). The topological polar surface area (TPSA) is 98.5 Å². The van der Waals surface area contributed by atoms with Gasteiger partial charge in [-0.1, -0.05) is 30.3 Å². The fourth-order valence-electron chi connectivity index (χ4n) is 1.89. The lowest BCUT2D eigenvalue weighted by atomic mass is 10.1. The van der Waals surface area contributed by atoms with Crippen molar-refractivity contribution >= 4 is 18.1 Å². The van der Waals surface area contributed by atoms with E-state index in [1.807, 2.05) is 0 Å². The molecule has 1 N–H and O–H groups in total. The van der Waals surface area contributed by atoms with Gasteiger partial charge in [0.2, 0.25) is 0 Å². The molecule has 0 fully saturated rings. The van der Waals surface area contributed by atoms with Crippen molar-refractivity contribution < 1.29 is 19.2 Å². The Morgan fingerprint density at radius 2 is 1.83 bits per heavy atom. The predicted molar refractivity (Wildman–Crippen MR) is 81.7 cm³/mol. The highest BCUT2D eigenvalue weighted by Crippen LogP contribution is 2.13. The number of nitro benzene ring substituents is 1. The normalized spacial score (nSPS) is 11.3. The number of rotatable bonds is 6. The Morgan fingerprint density at radius 1 is 1.17 bits per heavy atom. The molecule has 0 aliphatic carbocycles. The number of hydrogen-bond donors (Lipinski definition) is 1. The van der Waals surface area contributed by atoms with Gasteiger partial charge in [0.15, 0.2) is 0 Å². The van der Waals surface area contributed by atoms with Crippen molar-refractivity contribution in [3.05, 3.63) is 75.8 Å². The van der Waals surface area contributed by atoms with Crippen LogP contribution in [0.5, 0.6) is 0 Å². The highest BCUT2D eigenvalue weighted by atomic mass is 16.6. The highest BCUT2D eigenvalue weighted by Gasteiger charge is 2.14. The molecule has 7 nitrogen and oxygen atoms in total. The van der Waals surface area contributed by atoms with Crippen LogP contribution in [0.25, 0.3) is 0 Å². The predicted octanol–water partition coefficient (Wildman–Crippen LogP) is 2.76. The number of amides is 1. The van der Waals surface area contributed by atoms with Gasteiger partial charge in [0.05, 0.1) is 4.92 Å². The molecule has 0 aromatic heterocycles. The smallest absolute Gasteiger partial charge is 0.408 e. The molecule has 2 aromatic rings. The number of nitrogens with one attached hydrogen (secondary N) is 1. The maximum atomic E-state index is 11.7. The number of carbonyl (C=O) groups is 2. The molecule has 2 aromatic carbocycles. The maximum absolute atomic E-state index is 11.7. The summed E-state index contributed by atoms with van der Waals surface area (Å²) in [4.78, 5) is 32.9. The molecule has 1 atom stereocenters. The van der Waals surface area contributed by atoms with Crippen molar-refractivity contribution in [1.82, 2.24) is 5.32 Å². The minimum atomic E-state index is -0.791. The molecule has 0 heterocycles. The Morgan fingerprint density at radius 3 is 2.39 bits per heavy atom. The van der Waals surface area contributed by atoms with Crippen LogP contribution in [0.3, 0.4) is 0 Å². The van der Waals surface area contributed by atoms with Crippen LogP contribution in [0, 0.1) is 10.1 Å². The van der Waals surface area contributed by atoms with Crippen LogP contribution in [0.2, 0.25) is 0 Å². The number of ether oxygens (including phenoxy) is 1. The van der Waals surface area contributed by atoms with Crippen LogP contribution in [0.15, 0.2) is 54.6 Å². The zero-order valence-corrected chi connectivity index (χ0v) is 12.0. The second-order valence-corrected chi connectivity index (χ2v) is 4.67. The Bertz CT molecular complexity index is 685. The van der Waals surface area contributed by atoms with Gasteiger partial charge in [0.1, 0.15) is 18.9 Å². The van der Waals surface area contributed by atoms with E-state index in [0.717, 1.165) is 0 Å². The second kappa shape index (κ2) is 7.69. The molecule has 0 saturated carbocycles. The molecule has 0 aliphatic heterocycles. The van der Waals surface area contributed by atoms with Crippen molar-refractivity contribution in [2.24, 2.45) is 0 Å². The Kier molecular flexibility index (Phi) is 5.40. The first kappa shape index (κ1) is 16.2. The monoisotopic (exact) mass is 314 g/mol. The van der Waals surface area contributed by atoms with E-state index in [2.05, 4.69) is 5.32 Å². The maximum Gasteiger partial charge on any atom is 0.408 e. The average molecular weight is 314 g/mol. The minimum Gasteiger partial charge on any atom is -0.445 e. The number of benzene rings is 2. The molecular weight excluding hydrogens is 300 g/mol. The van der Waals surface area contributed by atoms with Crippen molar-refractivity contribution in [3.8, 4) is 0 Å². The lowest BCUT2D eigenvalue weighted by Crippen LogP contribution is -2.29. The molecule has 0 aliphatic rings. The van der Waals surface area contributed by atoms with E-state index in [0.29, 0.717) is 17.4 Å². The van der Waals surface area contributed by atoms with Gasteiger partial charge in [-0.15, -0.1) is 0 Å². The van der Waals surface area contributed by atoms with Crippen molar-refractivity contribution in [2.75, 3.05) is 0 Å². The lowest BCUT2D eigenvalue weighted by molar-refractivity contribution is -0.384. The third kappa shape index (κ3) is 4.63. The molecule has 1 unspecified atom stereocenters. The number of alkyl carbamates (subject to hydrolysis) is 1. The molecule has 0 saturated heterocycles. The third-order valence-corrected chi connectivity index (χ3v) is 3.09. The van der Waals surface area contributed by atoms with Crippen LogP contribution < -0.4 is 5.32 Å². The van der Waals surface area contributed by atoms with E-state index in [1.165, 1.54) is 24.3 Å². The lowest BCUT2D eigenvalue weighted by Gasteiger charge is -2.13. The van der Waals surface area contributed by atoms with E-state index in [4.69, 9.17) is 4.74 Å². The Labute approximate surface area is 132 Å². The van der Waals surface area contributed by atoms with Crippen LogP contribution >= 0.6 is 0 Å². The fourth-order valence-corrected chi connectivity index (χ4v) is 1.89. The Hall–Kier alpha value is -3.22. The third-order valence-electron chi connectivity index (χ3n) is 3.09. The SMILES string of the molecule is O=CC(NC(=O)OCc1ccc([N+](=O)[O-])cc1)c1ccccc1. The van der Waals surface area contributed by atoms with Gasteiger partial charge in [0, 0.05) is 12.1 Å². The van der Waals surface area contributed by atoms with E-state index in [9.17, 15) is 19.7 Å². The largest absolute Gasteiger partial charge is 0.445 e. The summed E-state index contributed by atoms with van der Waals surface area (Å²) in [6.07, 6.45) is -0.132. The Balaban J connectivity index is 1.89. The van der Waals surface area contributed by atoms with Gasteiger partial charge >= 0.3 is 6.09 Å². The molecule has 2 rings (SSSR count). The van der Waals surface area contributed by atoms with Crippen molar-refractivity contribution in [2.45, 2.75) is 12.6 Å². The summed E-state index contributed by atoms with van der Waals surface area (Å²) in [5, 5.41) is 13.0. The number of nitro groups is 1. The van der Waals surface area contributed by atoms with Crippen molar-refractivity contribution in [1.29, 1.82) is 0 Å². The first-order valence-corrected chi connectivity index (χ1v) is 6.77. The van der Waals surface area contributed by atoms with E-state index in [-0.39, 0.29) is 12.3 Å². The van der Waals surface area contributed by atoms with Gasteiger partial charge < -0.3 is 14.8 Å². The minimum absolute atomic E-state index is 0.0386. The van der Waals surface area contributed by atoms with Crippen LogP contribution in [0.4, 0.5) is 10.5 Å². The molecule has 23 heavy (non-hydrogen) atoms. The molecule has 7 heteroatoms. The number of non-ortho nitro benzene ring substituents is 1. The number of hydrogen-bond acceptors (Lipinski definition) is 5. The van der Waals surface area contributed by atoms with Crippen LogP contribution in [-0.2, 0) is 16.1 Å². The summed E-state index contributed by atoms with van der Waals surface area (Å²) in [6.45, 7) is -0.0514. The number of aldehydes is 1. The first-order chi connectivity index (χ1) is 11.1. The average Bonchev–Trinajstić information content (AvgIpc) is 2.59. The summed E-state index contributed by atoms with van der Waals surface area (Å²) in [6, 6.07) is 13.6. The molecule has 0 radical (unpaired) electrons. The second-order valence-electron chi connectivity index (χ2n) is 4.67. The fraction of sp³-hybridized carbons (Fsp3) is 0.125. The van der Waals surface area contributed by atoms with Gasteiger partial charge in [-0.2, -0.15) is 0 Å². The zero-order valence-electron chi connectivity index (χ0n) is 12.0. The molecule has 0 spiro atoms. The van der Waals surface area contributed by atoms with Crippen molar-refractivity contribution in [3.63, 3.8) is 0 Å². The van der Waals surface area contributed by atoms with Crippen LogP contribution in [0.1, 0.15) is 17.2 Å². The summed E-state index contributed by atoms with van der Waals surface area (Å²) in [5.41, 5.74) is 1.21. The summed E-state index contributed by atoms with van der Waals surface area (Å²) in [7, 11) is 0. The quantitative estimate of drug-likeness (QED) is 0.502. The van der Waals surface area contributed by atoms with Gasteiger partial charge in [0.25, 0.3) is 5.69 Å². The van der Waals surface area contributed by atoms with E-state index >= 15 is 0 Å². The highest BCUT2D eigenvalue weighted by molar-refractivity contribution is 5.74. The molecular formula is C16H14N2O5. The summed E-state index contributed by atoms with van der Waals surface area (Å²) < 4.78 is 5.00. The van der Waals surface area contributed by atoms with Gasteiger partial charge in [-0.25, -0.2) is 4.79 Å². The zero-order chi connectivity index (χ0) is 16.7. The number of nitrogens with zero attached hydrogens (tertiary/aromatic N) is 1. The van der Waals surface area contributed by atoms with Gasteiger partial charge in [-0.3, -0.25) is 10.1 Å². The van der Waals surface area contributed by atoms with Gasteiger partial charge in [-0.05, 0) is 23.3 Å². The molecule has 0 bridgehead atoms. The summed E-state index contributed by atoms with van der Waals surface area (Å²) >= 11 is 0. The van der Waals surface area contributed by atoms with Crippen LogP contribution in [-0.4, -0.2) is 17.3 Å². The summed E-state index contributed by atoms with van der Waals surface area (Å²) in [5.74, 6) is 0. The van der Waals surface area contributed by atoms with E-state index < -0.39 is 17.1 Å².